The molecule has 1 aromatic rings. The number of amides is 1. The predicted octanol–water partition coefficient (Wildman–Crippen LogP) is 1.50. The first-order valence-electron chi connectivity index (χ1n) is 5.67. The van der Waals surface area contributed by atoms with Crippen molar-refractivity contribution in [3.63, 3.8) is 0 Å². The van der Waals surface area contributed by atoms with Gasteiger partial charge in [0.1, 0.15) is 0 Å². The second kappa shape index (κ2) is 4.26. The first-order valence-corrected chi connectivity index (χ1v) is 5.67. The van der Waals surface area contributed by atoms with Gasteiger partial charge in [0.15, 0.2) is 0 Å². The fraction of sp³-hybridized carbons (Fsp3) is 0.462. The van der Waals surface area contributed by atoms with Crippen molar-refractivity contribution < 1.29 is 4.79 Å². The summed E-state index contributed by atoms with van der Waals surface area (Å²) in [7, 11) is 1.85. The van der Waals surface area contributed by atoms with Gasteiger partial charge in [-0.3, -0.25) is 4.79 Å². The van der Waals surface area contributed by atoms with Crippen LogP contribution in [0.5, 0.6) is 0 Å². The maximum absolute atomic E-state index is 12.1. The Morgan fingerprint density at radius 3 is 2.50 bits per heavy atom. The number of nitrogens with zero attached hydrogens (tertiary/aromatic N) is 1. The maximum Gasteiger partial charge on any atom is 0.253 e. The molecule has 1 fully saturated rings. The van der Waals surface area contributed by atoms with Crippen molar-refractivity contribution in [2.45, 2.75) is 12.8 Å². The highest BCUT2D eigenvalue weighted by atomic mass is 16.2. The highest BCUT2D eigenvalue weighted by molar-refractivity contribution is 5.94. The number of hydrogen-bond acceptors (Lipinski definition) is 2. The Kier molecular flexibility index (Phi) is 2.97. The topological polar surface area (TPSA) is 46.3 Å². The molecule has 2 N–H and O–H groups in total. The van der Waals surface area contributed by atoms with E-state index in [1.165, 1.54) is 0 Å². The molecule has 16 heavy (non-hydrogen) atoms. The van der Waals surface area contributed by atoms with Gasteiger partial charge in [-0.2, -0.15) is 0 Å². The molecule has 1 aliphatic carbocycles. The molecule has 0 spiro atoms. The molecule has 3 heteroatoms. The molecule has 1 saturated carbocycles. The van der Waals surface area contributed by atoms with Crippen molar-refractivity contribution >= 4 is 5.91 Å². The molecule has 2 rings (SSSR count). The SMILES string of the molecule is CN(CC1(CN)CC1)C(=O)c1ccccc1. The van der Waals surface area contributed by atoms with Crippen LogP contribution < -0.4 is 5.73 Å². The highest BCUT2D eigenvalue weighted by Gasteiger charge is 2.42. The summed E-state index contributed by atoms with van der Waals surface area (Å²) in [6.07, 6.45) is 2.30. The Hall–Kier alpha value is -1.35. The van der Waals surface area contributed by atoms with Crippen molar-refractivity contribution in [2.75, 3.05) is 20.1 Å². The molecule has 0 heterocycles. The van der Waals surface area contributed by atoms with Crippen LogP contribution in [-0.2, 0) is 0 Å². The molecule has 1 aliphatic rings. The lowest BCUT2D eigenvalue weighted by Gasteiger charge is -2.22. The first kappa shape index (κ1) is 11.1. The summed E-state index contributed by atoms with van der Waals surface area (Å²) in [5.41, 5.74) is 6.67. The third-order valence-electron chi connectivity index (χ3n) is 3.33. The number of nitrogens with two attached hydrogens (primary N) is 1. The van der Waals surface area contributed by atoms with Crippen molar-refractivity contribution in [2.24, 2.45) is 11.1 Å². The van der Waals surface area contributed by atoms with Crippen molar-refractivity contribution in [1.29, 1.82) is 0 Å². The van der Waals surface area contributed by atoms with Crippen LogP contribution in [-0.4, -0.2) is 30.9 Å². The van der Waals surface area contributed by atoms with Crippen molar-refractivity contribution in [3.8, 4) is 0 Å². The van der Waals surface area contributed by atoms with Crippen LogP contribution in [0, 0.1) is 5.41 Å². The molecule has 3 nitrogen and oxygen atoms in total. The van der Waals surface area contributed by atoms with Gasteiger partial charge in [0.2, 0.25) is 0 Å². The molecule has 0 radical (unpaired) electrons. The quantitative estimate of drug-likeness (QED) is 0.832. The molecule has 0 bridgehead atoms. The standard InChI is InChI=1S/C13H18N2O/c1-15(10-13(9-14)7-8-13)12(16)11-5-3-2-4-6-11/h2-6H,7-10,14H2,1H3. The predicted molar refractivity (Wildman–Crippen MR) is 64.1 cm³/mol. The van der Waals surface area contributed by atoms with E-state index < -0.39 is 0 Å². The molecule has 1 aromatic carbocycles. The Bertz CT molecular complexity index is 371. The van der Waals surface area contributed by atoms with E-state index in [-0.39, 0.29) is 11.3 Å². The monoisotopic (exact) mass is 218 g/mol. The Morgan fingerprint density at radius 2 is 2.00 bits per heavy atom. The van der Waals surface area contributed by atoms with Crippen molar-refractivity contribution in [1.82, 2.24) is 4.90 Å². The molecule has 0 saturated heterocycles. The fourth-order valence-electron chi connectivity index (χ4n) is 1.98. The minimum Gasteiger partial charge on any atom is -0.341 e. The zero-order valence-electron chi connectivity index (χ0n) is 9.65. The molecule has 0 atom stereocenters. The Labute approximate surface area is 96.2 Å². The maximum atomic E-state index is 12.1. The second-order valence-electron chi connectivity index (χ2n) is 4.73. The lowest BCUT2D eigenvalue weighted by Crippen LogP contribution is -2.35. The Morgan fingerprint density at radius 1 is 1.38 bits per heavy atom. The van der Waals surface area contributed by atoms with E-state index in [9.17, 15) is 4.79 Å². The summed E-state index contributed by atoms with van der Waals surface area (Å²) in [4.78, 5) is 13.8. The third-order valence-corrected chi connectivity index (χ3v) is 3.33. The van der Waals surface area contributed by atoms with Gasteiger partial charge in [0, 0.05) is 24.6 Å². The fourth-order valence-corrected chi connectivity index (χ4v) is 1.98. The van der Waals surface area contributed by atoms with E-state index in [0.717, 1.165) is 24.9 Å². The minimum absolute atomic E-state index is 0.0836. The second-order valence-corrected chi connectivity index (χ2v) is 4.73. The third kappa shape index (κ3) is 2.25. The number of benzene rings is 1. The normalized spacial score (nSPS) is 16.9. The lowest BCUT2D eigenvalue weighted by molar-refractivity contribution is 0.0766. The van der Waals surface area contributed by atoms with Crippen LogP contribution in [0.15, 0.2) is 30.3 Å². The van der Waals surface area contributed by atoms with Gasteiger partial charge in [-0.25, -0.2) is 0 Å². The van der Waals surface area contributed by atoms with E-state index in [1.54, 1.807) is 4.90 Å². The van der Waals surface area contributed by atoms with Gasteiger partial charge in [-0.1, -0.05) is 18.2 Å². The van der Waals surface area contributed by atoms with E-state index in [1.807, 2.05) is 37.4 Å². The van der Waals surface area contributed by atoms with Crippen LogP contribution in [0.4, 0.5) is 0 Å². The first-order chi connectivity index (χ1) is 7.67. The summed E-state index contributed by atoms with van der Waals surface area (Å²) >= 11 is 0. The molecule has 0 unspecified atom stereocenters. The summed E-state index contributed by atoms with van der Waals surface area (Å²) in [6, 6.07) is 9.38. The zero-order valence-corrected chi connectivity index (χ0v) is 9.65. The molecule has 86 valence electrons. The number of rotatable bonds is 4. The summed E-state index contributed by atoms with van der Waals surface area (Å²) in [5.74, 6) is 0.0836. The molecule has 0 aliphatic heterocycles. The highest BCUT2D eigenvalue weighted by Crippen LogP contribution is 2.44. The number of carbonyl (C=O) groups excluding carboxylic acids is 1. The van der Waals surface area contributed by atoms with Crippen LogP contribution in [0.3, 0.4) is 0 Å². The molecular weight excluding hydrogens is 200 g/mol. The lowest BCUT2D eigenvalue weighted by atomic mass is 10.1. The van der Waals surface area contributed by atoms with E-state index in [0.29, 0.717) is 6.54 Å². The molecular formula is C13H18N2O. The molecule has 0 aromatic heterocycles. The van der Waals surface area contributed by atoms with E-state index >= 15 is 0 Å². The van der Waals surface area contributed by atoms with Crippen LogP contribution in [0.25, 0.3) is 0 Å². The summed E-state index contributed by atoms with van der Waals surface area (Å²) < 4.78 is 0. The van der Waals surface area contributed by atoms with Crippen LogP contribution in [0.1, 0.15) is 23.2 Å². The number of hydrogen-bond donors (Lipinski definition) is 1. The Balaban J connectivity index is 2.00. The van der Waals surface area contributed by atoms with Crippen LogP contribution >= 0.6 is 0 Å². The van der Waals surface area contributed by atoms with Gasteiger partial charge in [-0.15, -0.1) is 0 Å². The van der Waals surface area contributed by atoms with E-state index in [2.05, 4.69) is 0 Å². The number of carbonyl (C=O) groups is 1. The summed E-state index contributed by atoms with van der Waals surface area (Å²) in [5, 5.41) is 0. The van der Waals surface area contributed by atoms with Gasteiger partial charge < -0.3 is 10.6 Å². The minimum atomic E-state index is 0.0836. The smallest absolute Gasteiger partial charge is 0.253 e. The molecule has 1 amide bonds. The zero-order chi connectivity index (χ0) is 11.6. The van der Waals surface area contributed by atoms with Gasteiger partial charge in [0.25, 0.3) is 5.91 Å². The van der Waals surface area contributed by atoms with Gasteiger partial charge in [-0.05, 0) is 31.5 Å². The summed E-state index contributed by atoms with van der Waals surface area (Å²) in [6.45, 7) is 1.45. The average molecular weight is 218 g/mol. The van der Waals surface area contributed by atoms with Gasteiger partial charge >= 0.3 is 0 Å². The largest absolute Gasteiger partial charge is 0.341 e. The average Bonchev–Trinajstić information content (AvgIpc) is 3.09. The van der Waals surface area contributed by atoms with Crippen molar-refractivity contribution in [3.05, 3.63) is 35.9 Å². The van der Waals surface area contributed by atoms with Gasteiger partial charge in [0.05, 0.1) is 0 Å². The van der Waals surface area contributed by atoms with Crippen LogP contribution in [0.2, 0.25) is 0 Å². The van der Waals surface area contributed by atoms with E-state index in [4.69, 9.17) is 5.73 Å².